The molecule has 0 spiro atoms. The van der Waals surface area contributed by atoms with Crippen molar-refractivity contribution in [2.45, 2.75) is 10.1 Å². The molecule has 11 heteroatoms. The lowest BCUT2D eigenvalue weighted by atomic mass is 10.1. The number of benzene rings is 4. The number of carbonyl (C=O) groups excluding carboxylic acids is 2. The van der Waals surface area contributed by atoms with E-state index in [0.717, 1.165) is 30.5 Å². The Morgan fingerprint density at radius 2 is 1.42 bits per heavy atom. The first-order chi connectivity index (χ1) is 20.9. The summed E-state index contributed by atoms with van der Waals surface area (Å²) in [6.07, 6.45) is 0. The molecule has 6 rings (SSSR count). The third kappa shape index (κ3) is 6.13. The van der Waals surface area contributed by atoms with Gasteiger partial charge in [0.15, 0.2) is 11.0 Å². The third-order valence-electron chi connectivity index (χ3n) is 7.27. The van der Waals surface area contributed by atoms with Gasteiger partial charge in [0.25, 0.3) is 5.91 Å². The summed E-state index contributed by atoms with van der Waals surface area (Å²) >= 11 is 1.12. The lowest BCUT2D eigenvalue weighted by Crippen LogP contribution is -2.48. The van der Waals surface area contributed by atoms with Crippen molar-refractivity contribution >= 4 is 56.0 Å². The van der Waals surface area contributed by atoms with Crippen molar-refractivity contribution < 1.29 is 22.0 Å². The molecule has 0 saturated carbocycles. The van der Waals surface area contributed by atoms with Gasteiger partial charge in [-0.25, -0.2) is 4.98 Å². The van der Waals surface area contributed by atoms with Gasteiger partial charge in [-0.15, -0.1) is 3.97 Å². The smallest absolute Gasteiger partial charge is 0.336 e. The van der Waals surface area contributed by atoms with Gasteiger partial charge in [-0.05, 0) is 72.4 Å². The van der Waals surface area contributed by atoms with Gasteiger partial charge >= 0.3 is 15.2 Å². The number of aromatic amines is 1. The predicted molar refractivity (Wildman–Crippen MR) is 168 cm³/mol. The molecule has 0 bridgehead atoms. The summed E-state index contributed by atoms with van der Waals surface area (Å²) in [5.41, 5.74) is 3.53. The number of amides is 2. The molecule has 1 aliphatic rings. The first kappa shape index (κ1) is 28.5. The van der Waals surface area contributed by atoms with Crippen LogP contribution in [0.25, 0.3) is 11.0 Å². The molecule has 0 aliphatic carbocycles. The number of hydrogen-bond acceptors (Lipinski definition) is 6. The summed E-state index contributed by atoms with van der Waals surface area (Å²) in [6.45, 7) is 2.71. The maximum atomic E-state index is 13.5. The topological polar surface area (TPSA) is 106 Å². The number of piperazine rings is 1. The van der Waals surface area contributed by atoms with Crippen LogP contribution in [0.3, 0.4) is 0 Å². The summed E-state index contributed by atoms with van der Waals surface area (Å²) in [5.74, 6) is -0.198. The zero-order valence-corrected chi connectivity index (χ0v) is 24.9. The van der Waals surface area contributed by atoms with Crippen LogP contribution in [0, 0.1) is 0 Å². The molecule has 43 heavy (non-hydrogen) atoms. The van der Waals surface area contributed by atoms with Gasteiger partial charge in [-0.1, -0.05) is 48.5 Å². The molecule has 2 heterocycles. The molecule has 1 saturated heterocycles. The number of fused-ring (bicyclic) bond motifs is 1. The highest BCUT2D eigenvalue weighted by Crippen LogP contribution is 2.23. The van der Waals surface area contributed by atoms with Crippen molar-refractivity contribution in [3.8, 4) is 0 Å². The van der Waals surface area contributed by atoms with Crippen LogP contribution in [0.4, 0.5) is 11.4 Å². The Morgan fingerprint density at radius 1 is 0.791 bits per heavy atom. The van der Waals surface area contributed by atoms with Crippen LogP contribution in [0.5, 0.6) is 0 Å². The van der Waals surface area contributed by atoms with Crippen molar-refractivity contribution in [1.82, 2.24) is 9.88 Å². The summed E-state index contributed by atoms with van der Waals surface area (Å²) in [4.78, 5) is 33.0. The zero-order valence-electron chi connectivity index (χ0n) is 23.2. The second-order valence-electron chi connectivity index (χ2n) is 10.1. The quantitative estimate of drug-likeness (QED) is 0.199. The van der Waals surface area contributed by atoms with E-state index in [1.54, 1.807) is 48.5 Å². The van der Waals surface area contributed by atoms with E-state index in [4.69, 9.17) is 0 Å². The van der Waals surface area contributed by atoms with E-state index in [1.165, 1.54) is 3.97 Å². The van der Waals surface area contributed by atoms with E-state index in [0.29, 0.717) is 40.5 Å². The van der Waals surface area contributed by atoms with Crippen molar-refractivity contribution in [1.29, 1.82) is 0 Å². The Labute approximate surface area is 254 Å². The minimum Gasteiger partial charge on any atom is -0.368 e. The minimum atomic E-state index is -3.89. The molecule has 2 amide bonds. The van der Waals surface area contributed by atoms with Crippen molar-refractivity contribution in [3.63, 3.8) is 0 Å². The highest BCUT2D eigenvalue weighted by molar-refractivity contribution is 8.00. The monoisotopic (exact) mass is 612 g/mol. The Hall–Kier alpha value is -4.61. The second kappa shape index (κ2) is 12.3. The van der Waals surface area contributed by atoms with Gasteiger partial charge < -0.3 is 15.1 Å². The van der Waals surface area contributed by atoms with Crippen LogP contribution in [0.15, 0.2) is 119 Å². The summed E-state index contributed by atoms with van der Waals surface area (Å²) in [7, 11) is -3.89. The number of nitrogens with zero attached hydrogens (tertiary/aromatic N) is 3. The molecule has 1 fully saturated rings. The number of carbonyl (C=O) groups is 2. The Balaban J connectivity index is 1.08. The van der Waals surface area contributed by atoms with E-state index in [1.807, 2.05) is 65.6 Å². The summed E-state index contributed by atoms with van der Waals surface area (Å²) in [5, 5.41) is 3.25. The Bertz CT molecular complexity index is 1850. The number of H-pyrrole nitrogens is 1. The average Bonchev–Trinajstić information content (AvgIpc) is 3.44. The summed E-state index contributed by atoms with van der Waals surface area (Å²) < 4.78 is 28.4. The van der Waals surface area contributed by atoms with Crippen LogP contribution in [0.2, 0.25) is 0 Å². The minimum absolute atomic E-state index is 0.0102. The highest BCUT2D eigenvalue weighted by atomic mass is 32.2. The molecule has 0 atom stereocenters. The van der Waals surface area contributed by atoms with Crippen molar-refractivity contribution in [2.24, 2.45) is 0 Å². The molecule has 0 unspecified atom stereocenters. The van der Waals surface area contributed by atoms with Gasteiger partial charge in [-0.2, -0.15) is 8.42 Å². The SMILES string of the molecule is O=C(CSc1[nH]c2ccccc2[n+]1S(=O)(=O)c1ccccc1)Nc1ccc(N2CCN(C(=O)c3ccccc3)CC2)cc1. The normalized spacial score (nSPS) is 13.7. The average molecular weight is 613 g/mol. The van der Waals surface area contributed by atoms with Crippen LogP contribution in [0.1, 0.15) is 10.4 Å². The Kier molecular flexibility index (Phi) is 8.17. The van der Waals surface area contributed by atoms with E-state index in [9.17, 15) is 18.0 Å². The van der Waals surface area contributed by atoms with Gasteiger partial charge in [0.05, 0.1) is 5.75 Å². The summed E-state index contributed by atoms with van der Waals surface area (Å²) in [6, 6.07) is 32.3. The molecular formula is C32H30N5O4S2+. The van der Waals surface area contributed by atoms with Gasteiger partial charge in [0.2, 0.25) is 5.91 Å². The standard InChI is InChI=1S/C32H29N5O4S2/c38-30(23-42-32-34-28-13-7-8-14-29(28)37(32)43(40,41)27-11-5-2-6-12-27)33-25-15-17-26(18-16-25)35-19-21-36(22-20-35)31(39)24-9-3-1-4-10-24/h1-18H,19-23H2,(H,33,38)/p+1. The largest absolute Gasteiger partial charge is 0.368 e. The highest BCUT2D eigenvalue weighted by Gasteiger charge is 2.32. The number of nitrogens with one attached hydrogen (secondary N) is 2. The maximum absolute atomic E-state index is 13.5. The van der Waals surface area contributed by atoms with Crippen LogP contribution >= 0.6 is 11.8 Å². The molecule has 5 aromatic rings. The van der Waals surface area contributed by atoms with Gasteiger partial charge in [0.1, 0.15) is 4.90 Å². The number of thioether (sulfide) groups is 1. The van der Waals surface area contributed by atoms with E-state index in [-0.39, 0.29) is 22.5 Å². The molecule has 1 aromatic heterocycles. The van der Waals surface area contributed by atoms with Crippen molar-refractivity contribution in [3.05, 3.63) is 115 Å². The molecule has 9 nitrogen and oxygen atoms in total. The molecule has 1 aliphatic heterocycles. The van der Waals surface area contributed by atoms with Crippen LogP contribution < -0.4 is 14.2 Å². The number of aromatic nitrogens is 2. The number of hydrogen-bond donors (Lipinski definition) is 2. The number of rotatable bonds is 8. The lowest BCUT2D eigenvalue weighted by Gasteiger charge is -2.36. The molecule has 2 N–H and O–H groups in total. The fourth-order valence-corrected chi connectivity index (χ4v) is 7.66. The first-order valence-corrected chi connectivity index (χ1v) is 16.3. The van der Waals surface area contributed by atoms with E-state index < -0.39 is 10.0 Å². The molecular weight excluding hydrogens is 583 g/mol. The van der Waals surface area contributed by atoms with Crippen LogP contribution in [-0.2, 0) is 14.8 Å². The lowest BCUT2D eigenvalue weighted by molar-refractivity contribution is -0.526. The fraction of sp³-hybridized carbons (Fsp3) is 0.156. The number of para-hydroxylation sites is 2. The Morgan fingerprint density at radius 3 is 2.12 bits per heavy atom. The maximum Gasteiger partial charge on any atom is 0.336 e. The molecule has 4 aromatic carbocycles. The van der Waals surface area contributed by atoms with E-state index in [2.05, 4.69) is 15.2 Å². The zero-order chi connectivity index (χ0) is 29.8. The van der Waals surface area contributed by atoms with Crippen LogP contribution in [-0.4, -0.2) is 62.0 Å². The first-order valence-electron chi connectivity index (χ1n) is 13.9. The molecule has 218 valence electrons. The van der Waals surface area contributed by atoms with Crippen molar-refractivity contribution in [2.75, 3.05) is 42.1 Å². The number of imidazole rings is 1. The fourth-order valence-electron chi connectivity index (χ4n) is 5.08. The number of anilines is 2. The molecule has 0 radical (unpaired) electrons. The second-order valence-corrected chi connectivity index (χ2v) is 12.8. The predicted octanol–water partition coefficient (Wildman–Crippen LogP) is 4.39. The van der Waals surface area contributed by atoms with E-state index >= 15 is 0 Å². The van der Waals surface area contributed by atoms with Gasteiger partial charge in [-0.3, -0.25) is 9.59 Å². The third-order valence-corrected chi connectivity index (χ3v) is 10.1. The van der Waals surface area contributed by atoms with Gasteiger partial charge in [0, 0.05) is 43.1 Å².